The predicted octanol–water partition coefficient (Wildman–Crippen LogP) is -0.131. The number of rotatable bonds is 6. The number of fused-ring (bicyclic) bond motifs is 1. The van der Waals surface area contributed by atoms with Gasteiger partial charge in [-0.05, 0) is 11.6 Å². The van der Waals surface area contributed by atoms with Gasteiger partial charge in [0.05, 0.1) is 13.2 Å². The third-order valence-electron chi connectivity index (χ3n) is 2.99. The normalized spacial score (nSPS) is 16.1. The molecule has 2 rings (SSSR count). The van der Waals surface area contributed by atoms with Gasteiger partial charge in [-0.1, -0.05) is 18.2 Å². The number of benzene rings is 1. The van der Waals surface area contributed by atoms with E-state index in [4.69, 9.17) is 9.47 Å². The highest BCUT2D eigenvalue weighted by atomic mass is 16.5. The summed E-state index contributed by atoms with van der Waals surface area (Å²) in [6.07, 6.45) is -0.0213. The molecule has 0 radical (unpaired) electrons. The fourth-order valence-corrected chi connectivity index (χ4v) is 1.96. The lowest BCUT2D eigenvalue weighted by atomic mass is 10.1. The van der Waals surface area contributed by atoms with Crippen molar-refractivity contribution in [2.45, 2.75) is 12.5 Å². The number of methoxy groups -OCH3 is 1. The van der Waals surface area contributed by atoms with Gasteiger partial charge in [0.1, 0.15) is 5.75 Å². The van der Waals surface area contributed by atoms with Gasteiger partial charge in [-0.15, -0.1) is 0 Å². The van der Waals surface area contributed by atoms with E-state index >= 15 is 0 Å². The fraction of sp³-hybridized carbons (Fsp3) is 0.429. The van der Waals surface area contributed by atoms with Gasteiger partial charge in [0.2, 0.25) is 5.91 Å². The van der Waals surface area contributed by atoms with Crippen LogP contribution in [0.5, 0.6) is 5.75 Å². The first kappa shape index (κ1) is 14.3. The Morgan fingerprint density at radius 2 is 2.15 bits per heavy atom. The molecule has 1 aliphatic heterocycles. The number of amides is 2. The maximum absolute atomic E-state index is 11.9. The van der Waals surface area contributed by atoms with Crippen molar-refractivity contribution in [1.82, 2.24) is 10.6 Å². The van der Waals surface area contributed by atoms with Gasteiger partial charge in [0.15, 0.2) is 6.10 Å². The zero-order valence-corrected chi connectivity index (χ0v) is 11.3. The quantitative estimate of drug-likeness (QED) is 0.711. The van der Waals surface area contributed by atoms with Gasteiger partial charge in [-0.2, -0.15) is 0 Å². The highest BCUT2D eigenvalue weighted by Gasteiger charge is 2.28. The van der Waals surface area contributed by atoms with Gasteiger partial charge in [0, 0.05) is 20.1 Å². The second-order valence-corrected chi connectivity index (χ2v) is 4.48. The minimum atomic E-state index is -0.556. The Morgan fingerprint density at radius 1 is 1.35 bits per heavy atom. The molecule has 0 aliphatic carbocycles. The first-order valence-corrected chi connectivity index (χ1v) is 6.48. The van der Waals surface area contributed by atoms with Crippen LogP contribution in [-0.2, 0) is 20.7 Å². The monoisotopic (exact) mass is 278 g/mol. The molecule has 1 unspecified atom stereocenters. The molecule has 0 fully saturated rings. The molecule has 6 heteroatoms. The van der Waals surface area contributed by atoms with Crippen molar-refractivity contribution in [3.63, 3.8) is 0 Å². The molecule has 0 aromatic heterocycles. The standard InChI is InChI=1S/C14H18N2O4/c1-19-7-6-15-13(17)9-16-14(18)12-8-10-4-2-3-5-11(10)20-12/h2-5,12H,6-9H2,1H3,(H,15,17)(H,16,18). The molecule has 0 saturated carbocycles. The van der Waals surface area contributed by atoms with E-state index in [9.17, 15) is 9.59 Å². The smallest absolute Gasteiger partial charge is 0.261 e. The second-order valence-electron chi connectivity index (χ2n) is 4.48. The fourth-order valence-electron chi connectivity index (χ4n) is 1.96. The Bertz CT molecular complexity index is 465. The lowest BCUT2D eigenvalue weighted by molar-refractivity contribution is -0.130. The molecule has 1 heterocycles. The third kappa shape index (κ3) is 3.71. The summed E-state index contributed by atoms with van der Waals surface area (Å²) in [7, 11) is 1.56. The van der Waals surface area contributed by atoms with Crippen molar-refractivity contribution in [2.24, 2.45) is 0 Å². The van der Waals surface area contributed by atoms with Crippen LogP contribution in [0.1, 0.15) is 5.56 Å². The summed E-state index contributed by atoms with van der Waals surface area (Å²) in [5, 5.41) is 5.20. The molecule has 108 valence electrons. The average Bonchev–Trinajstić information content (AvgIpc) is 2.89. The number of nitrogens with one attached hydrogen (secondary N) is 2. The Labute approximate surface area is 117 Å². The minimum Gasteiger partial charge on any atom is -0.480 e. The zero-order chi connectivity index (χ0) is 14.4. The first-order chi connectivity index (χ1) is 9.70. The van der Waals surface area contributed by atoms with Gasteiger partial charge >= 0.3 is 0 Å². The van der Waals surface area contributed by atoms with Crippen molar-refractivity contribution in [2.75, 3.05) is 26.8 Å². The molecular weight excluding hydrogens is 260 g/mol. The second kappa shape index (κ2) is 6.91. The molecule has 0 saturated heterocycles. The maximum Gasteiger partial charge on any atom is 0.261 e. The molecule has 2 amide bonds. The third-order valence-corrected chi connectivity index (χ3v) is 2.99. The van der Waals surface area contributed by atoms with Crippen molar-refractivity contribution in [3.05, 3.63) is 29.8 Å². The Kier molecular flexibility index (Phi) is 4.95. The Balaban J connectivity index is 1.73. The van der Waals surface area contributed by atoms with Crippen LogP contribution in [0.25, 0.3) is 0 Å². The molecule has 1 aromatic carbocycles. The van der Waals surface area contributed by atoms with Crippen LogP contribution >= 0.6 is 0 Å². The van der Waals surface area contributed by atoms with E-state index < -0.39 is 6.10 Å². The van der Waals surface area contributed by atoms with Crippen LogP contribution in [0.2, 0.25) is 0 Å². The maximum atomic E-state index is 11.9. The van der Waals surface area contributed by atoms with Crippen LogP contribution < -0.4 is 15.4 Å². The summed E-state index contributed by atoms with van der Waals surface area (Å²) in [6.45, 7) is 0.816. The molecule has 1 aliphatic rings. The molecule has 6 nitrogen and oxygen atoms in total. The van der Waals surface area contributed by atoms with E-state index in [0.29, 0.717) is 19.6 Å². The van der Waals surface area contributed by atoms with Crippen LogP contribution in [0.3, 0.4) is 0 Å². The SMILES string of the molecule is COCCNC(=O)CNC(=O)C1Cc2ccccc2O1. The van der Waals surface area contributed by atoms with Crippen molar-refractivity contribution >= 4 is 11.8 Å². The number of para-hydroxylation sites is 1. The first-order valence-electron chi connectivity index (χ1n) is 6.48. The van der Waals surface area contributed by atoms with Crippen molar-refractivity contribution < 1.29 is 19.1 Å². The summed E-state index contributed by atoms with van der Waals surface area (Å²) in [4.78, 5) is 23.3. The largest absolute Gasteiger partial charge is 0.480 e. The lowest BCUT2D eigenvalue weighted by Crippen LogP contribution is -2.43. The van der Waals surface area contributed by atoms with E-state index in [1.165, 1.54) is 0 Å². The van der Waals surface area contributed by atoms with E-state index in [-0.39, 0.29) is 18.4 Å². The molecule has 1 atom stereocenters. The lowest BCUT2D eigenvalue weighted by Gasteiger charge is -2.11. The number of hydrogen-bond acceptors (Lipinski definition) is 4. The zero-order valence-electron chi connectivity index (χ0n) is 11.3. The highest BCUT2D eigenvalue weighted by molar-refractivity contribution is 5.87. The van der Waals surface area contributed by atoms with Gasteiger partial charge < -0.3 is 20.1 Å². The van der Waals surface area contributed by atoms with Crippen LogP contribution in [0.4, 0.5) is 0 Å². The molecule has 20 heavy (non-hydrogen) atoms. The van der Waals surface area contributed by atoms with Crippen LogP contribution in [0, 0.1) is 0 Å². The average molecular weight is 278 g/mol. The van der Waals surface area contributed by atoms with Gasteiger partial charge in [-0.25, -0.2) is 0 Å². The summed E-state index contributed by atoms with van der Waals surface area (Å²) in [6, 6.07) is 7.54. The summed E-state index contributed by atoms with van der Waals surface area (Å²) >= 11 is 0. The minimum absolute atomic E-state index is 0.0568. The van der Waals surface area contributed by atoms with Crippen molar-refractivity contribution in [1.29, 1.82) is 0 Å². The summed E-state index contributed by atoms with van der Waals surface area (Å²) < 4.78 is 10.3. The van der Waals surface area contributed by atoms with Gasteiger partial charge in [-0.3, -0.25) is 9.59 Å². The number of carbonyl (C=O) groups excluding carboxylic acids is 2. The molecule has 1 aromatic rings. The number of hydrogen-bond donors (Lipinski definition) is 2. The van der Waals surface area contributed by atoms with Gasteiger partial charge in [0.25, 0.3) is 5.91 Å². The van der Waals surface area contributed by atoms with Crippen LogP contribution in [0.15, 0.2) is 24.3 Å². The number of carbonyl (C=O) groups is 2. The molecule has 0 spiro atoms. The molecule has 2 N–H and O–H groups in total. The van der Waals surface area contributed by atoms with Crippen molar-refractivity contribution in [3.8, 4) is 5.75 Å². The predicted molar refractivity (Wildman–Crippen MR) is 72.5 cm³/mol. The van der Waals surface area contributed by atoms with Crippen LogP contribution in [-0.4, -0.2) is 44.7 Å². The Morgan fingerprint density at radius 3 is 2.90 bits per heavy atom. The molecular formula is C14H18N2O4. The van der Waals surface area contributed by atoms with E-state index in [2.05, 4.69) is 10.6 Å². The van der Waals surface area contributed by atoms with E-state index in [1.807, 2.05) is 24.3 Å². The summed E-state index contributed by atoms with van der Waals surface area (Å²) in [5.41, 5.74) is 1.01. The topological polar surface area (TPSA) is 76.7 Å². The molecule has 0 bridgehead atoms. The highest BCUT2D eigenvalue weighted by Crippen LogP contribution is 2.27. The Hall–Kier alpha value is -2.08. The van der Waals surface area contributed by atoms with E-state index in [0.717, 1.165) is 11.3 Å². The number of ether oxygens (including phenoxy) is 2. The summed E-state index contributed by atoms with van der Waals surface area (Å²) in [5.74, 6) is 0.214. The van der Waals surface area contributed by atoms with E-state index in [1.54, 1.807) is 7.11 Å².